The number of allylic oxidation sites excluding steroid dienone is 2. The molecule has 2 N–H and O–H groups in total. The number of phenols is 1. The highest BCUT2D eigenvalue weighted by Gasteiger charge is 2.70. The van der Waals surface area contributed by atoms with Crippen molar-refractivity contribution in [2.75, 3.05) is 5.43 Å². The van der Waals surface area contributed by atoms with Crippen LogP contribution in [0.15, 0.2) is 84.4 Å². The first-order chi connectivity index (χ1) is 21.9. The zero-order chi connectivity index (χ0) is 32.7. The largest absolute Gasteiger partial charge is 0.508 e. The number of carbonyl (C=O) groups excluding carboxylic acids is 4. The summed E-state index contributed by atoms with van der Waals surface area (Å²) >= 11 is 6.55. The van der Waals surface area contributed by atoms with E-state index < -0.39 is 52.4 Å². The van der Waals surface area contributed by atoms with E-state index in [4.69, 9.17) is 11.6 Å². The number of hydrogen-bond donors (Lipinski definition) is 2. The lowest BCUT2D eigenvalue weighted by atomic mass is 9.49. The first kappa shape index (κ1) is 30.2. The van der Waals surface area contributed by atoms with Crippen LogP contribution in [-0.4, -0.2) is 44.2 Å². The fourth-order valence-electron chi connectivity index (χ4n) is 8.51. The molecule has 0 aromatic heterocycles. The van der Waals surface area contributed by atoms with E-state index in [9.17, 15) is 19.5 Å². The van der Waals surface area contributed by atoms with Crippen molar-refractivity contribution in [2.45, 2.75) is 57.4 Å². The smallest absolute Gasteiger partial charge is 0.260 e. The predicted molar refractivity (Wildman–Crippen MR) is 174 cm³/mol. The van der Waals surface area contributed by atoms with Gasteiger partial charge in [0.2, 0.25) is 11.8 Å². The molecule has 0 bridgehead atoms. The summed E-state index contributed by atoms with van der Waals surface area (Å²) in [6.45, 7) is 7.48. The maximum absolute atomic E-state index is 15.1. The van der Waals surface area contributed by atoms with Gasteiger partial charge in [-0.3, -0.25) is 29.5 Å². The van der Waals surface area contributed by atoms with E-state index in [0.29, 0.717) is 28.3 Å². The third-order valence-corrected chi connectivity index (χ3v) is 10.6. The van der Waals surface area contributed by atoms with Crippen LogP contribution >= 0.6 is 11.6 Å². The van der Waals surface area contributed by atoms with Crippen molar-refractivity contribution in [3.8, 4) is 5.75 Å². The molecule has 6 atom stereocenters. The second kappa shape index (κ2) is 10.6. The van der Waals surface area contributed by atoms with Crippen molar-refractivity contribution < 1.29 is 24.3 Å². The molecule has 3 aromatic rings. The third-order valence-electron chi connectivity index (χ3n) is 10.4. The molecule has 46 heavy (non-hydrogen) atoms. The average molecular weight is 638 g/mol. The number of nitrogens with one attached hydrogen (secondary N) is 1. The fraction of sp³-hybridized carbons (Fsp3) is 0.351. The van der Waals surface area contributed by atoms with E-state index in [2.05, 4.69) is 5.43 Å². The van der Waals surface area contributed by atoms with Crippen LogP contribution in [0.25, 0.3) is 0 Å². The number of anilines is 1. The van der Waals surface area contributed by atoms with Crippen molar-refractivity contribution in [1.82, 2.24) is 9.91 Å². The predicted octanol–water partition coefficient (Wildman–Crippen LogP) is 6.14. The molecule has 9 heteroatoms. The quantitative estimate of drug-likeness (QED) is 0.263. The Morgan fingerprint density at radius 1 is 0.891 bits per heavy atom. The molecule has 7 rings (SSSR count). The first-order valence-corrected chi connectivity index (χ1v) is 16.1. The Labute approximate surface area is 273 Å². The van der Waals surface area contributed by atoms with Gasteiger partial charge in [-0.1, -0.05) is 71.3 Å². The minimum atomic E-state index is -1.47. The van der Waals surface area contributed by atoms with E-state index >= 15 is 4.79 Å². The Hall–Kier alpha value is -4.43. The number of imide groups is 2. The van der Waals surface area contributed by atoms with Crippen LogP contribution in [0.2, 0.25) is 5.02 Å². The molecule has 1 saturated carbocycles. The summed E-state index contributed by atoms with van der Waals surface area (Å²) in [6, 6.07) is 21.3. The Balaban J connectivity index is 1.46. The van der Waals surface area contributed by atoms with E-state index in [1.807, 2.05) is 88.4 Å². The number of amides is 4. The second-order valence-corrected chi connectivity index (χ2v) is 14.4. The van der Waals surface area contributed by atoms with Gasteiger partial charge < -0.3 is 5.11 Å². The lowest BCUT2D eigenvalue weighted by Crippen LogP contribution is -2.53. The Morgan fingerprint density at radius 3 is 2.26 bits per heavy atom. The lowest BCUT2D eigenvalue weighted by Gasteiger charge is -2.50. The highest BCUT2D eigenvalue weighted by Crippen LogP contribution is 2.65. The van der Waals surface area contributed by atoms with E-state index in [-0.39, 0.29) is 24.0 Å². The Morgan fingerprint density at radius 2 is 1.59 bits per heavy atom. The average Bonchev–Trinajstić information content (AvgIpc) is 3.41. The number of phenolic OH excluding ortho intramolecular Hbond substituents is 1. The number of hydrazine groups is 1. The maximum Gasteiger partial charge on any atom is 0.260 e. The topological polar surface area (TPSA) is 107 Å². The third kappa shape index (κ3) is 4.26. The van der Waals surface area contributed by atoms with Crippen LogP contribution in [0.1, 0.15) is 56.2 Å². The normalized spacial score (nSPS) is 29.0. The van der Waals surface area contributed by atoms with Gasteiger partial charge in [0.05, 0.1) is 28.9 Å². The molecule has 4 aliphatic rings. The van der Waals surface area contributed by atoms with Crippen LogP contribution in [0.3, 0.4) is 0 Å². The van der Waals surface area contributed by atoms with Gasteiger partial charge in [0.15, 0.2) is 0 Å². The molecule has 2 heterocycles. The summed E-state index contributed by atoms with van der Waals surface area (Å²) in [5, 5.41) is 12.9. The molecule has 0 radical (unpaired) electrons. The van der Waals surface area contributed by atoms with Crippen LogP contribution in [0.5, 0.6) is 5.75 Å². The minimum absolute atomic E-state index is 0.0672. The number of hydrogen-bond acceptors (Lipinski definition) is 6. The van der Waals surface area contributed by atoms with Gasteiger partial charge in [-0.15, -0.1) is 0 Å². The number of carbonyl (C=O) groups is 4. The van der Waals surface area contributed by atoms with Crippen LogP contribution in [0, 0.1) is 30.6 Å². The number of halogens is 1. The number of likely N-dealkylation sites (tertiary alicyclic amines) is 1. The van der Waals surface area contributed by atoms with Gasteiger partial charge in [0.25, 0.3) is 11.8 Å². The number of benzene rings is 3. The van der Waals surface area contributed by atoms with Crippen molar-refractivity contribution in [3.63, 3.8) is 0 Å². The maximum atomic E-state index is 15.1. The molecular weight excluding hydrogens is 602 g/mol. The highest BCUT2D eigenvalue weighted by molar-refractivity contribution is 6.30. The SMILES string of the molecule is Cc1ccc(NN2C(=O)[C@@H]3C[C@@H]4C(=CC[C@@H]5C(=O)N(C(C)(C)C)C(=O)[C@@H]54)[C@H](c4cc(Cl)ccc4O)[C@]3(c3ccccc3)C2=O)cc1. The monoisotopic (exact) mass is 637 g/mol. The molecule has 2 aliphatic carbocycles. The van der Waals surface area contributed by atoms with Gasteiger partial charge >= 0.3 is 0 Å². The number of fused-ring (bicyclic) bond motifs is 4. The zero-order valence-electron chi connectivity index (χ0n) is 26.2. The van der Waals surface area contributed by atoms with Crippen LogP contribution in [-0.2, 0) is 24.6 Å². The van der Waals surface area contributed by atoms with Gasteiger partial charge in [0, 0.05) is 22.0 Å². The molecule has 3 fully saturated rings. The molecule has 236 valence electrons. The van der Waals surface area contributed by atoms with Gasteiger partial charge in [-0.05, 0) is 82.3 Å². The second-order valence-electron chi connectivity index (χ2n) is 14.0. The summed E-state index contributed by atoms with van der Waals surface area (Å²) in [4.78, 5) is 59.0. The Bertz CT molecular complexity index is 1810. The number of aromatic hydroxyl groups is 1. The van der Waals surface area contributed by atoms with Gasteiger partial charge in [-0.2, -0.15) is 5.01 Å². The molecule has 2 saturated heterocycles. The summed E-state index contributed by atoms with van der Waals surface area (Å²) in [5.74, 6) is -4.92. The first-order valence-electron chi connectivity index (χ1n) is 15.7. The summed E-state index contributed by atoms with van der Waals surface area (Å²) in [5.41, 5.74) is 4.30. The van der Waals surface area contributed by atoms with Gasteiger partial charge in [0.1, 0.15) is 5.75 Å². The highest BCUT2D eigenvalue weighted by atomic mass is 35.5. The summed E-state index contributed by atoms with van der Waals surface area (Å²) in [7, 11) is 0. The molecule has 3 aromatic carbocycles. The van der Waals surface area contributed by atoms with Crippen molar-refractivity contribution >= 4 is 40.9 Å². The standard InChI is InChI=1S/C37H36ClN3O5/c1-20-10-13-23(14-11-20)39-41-33(44)28-19-26-24(15-16-25-30(26)34(45)40(32(25)43)36(2,3)4)31(27-18-22(38)12-17-29(27)42)37(28,35(41)46)21-8-6-5-7-9-21/h5-15,17-18,25-26,28,30-31,39,42H,16,19H2,1-4H3/t25-,26+,28-,30-,31+,37+/m0/s1. The molecular formula is C37H36ClN3O5. The minimum Gasteiger partial charge on any atom is -0.508 e. The molecule has 2 aliphatic heterocycles. The number of rotatable bonds is 4. The molecule has 0 spiro atoms. The number of nitrogens with zero attached hydrogens (tertiary/aromatic N) is 2. The molecule has 8 nitrogen and oxygen atoms in total. The molecule has 0 unspecified atom stereocenters. The lowest BCUT2D eigenvalue weighted by molar-refractivity contribution is -0.146. The molecule has 4 amide bonds. The fourth-order valence-corrected chi connectivity index (χ4v) is 8.69. The van der Waals surface area contributed by atoms with Crippen molar-refractivity contribution in [3.05, 3.63) is 106 Å². The van der Waals surface area contributed by atoms with Crippen molar-refractivity contribution in [2.24, 2.45) is 23.7 Å². The van der Waals surface area contributed by atoms with E-state index in [0.717, 1.165) is 16.1 Å². The van der Waals surface area contributed by atoms with E-state index in [1.54, 1.807) is 12.1 Å². The summed E-state index contributed by atoms with van der Waals surface area (Å²) < 4.78 is 0. The van der Waals surface area contributed by atoms with Crippen LogP contribution in [0.4, 0.5) is 5.69 Å². The van der Waals surface area contributed by atoms with Crippen LogP contribution < -0.4 is 5.43 Å². The van der Waals surface area contributed by atoms with Crippen molar-refractivity contribution in [1.29, 1.82) is 0 Å². The number of aryl methyl sites for hydroxylation is 1. The van der Waals surface area contributed by atoms with E-state index in [1.165, 1.54) is 11.0 Å². The Kier molecular flexibility index (Phi) is 6.94. The van der Waals surface area contributed by atoms with Gasteiger partial charge in [-0.25, -0.2) is 0 Å². The zero-order valence-corrected chi connectivity index (χ0v) is 26.9. The summed E-state index contributed by atoms with van der Waals surface area (Å²) in [6.07, 6.45) is 2.48.